The smallest absolute Gasteiger partial charge is 0.330 e. The van der Waals surface area contributed by atoms with Crippen LogP contribution in [-0.2, 0) is 11.3 Å². The van der Waals surface area contributed by atoms with Gasteiger partial charge < -0.3 is 9.84 Å². The van der Waals surface area contributed by atoms with Gasteiger partial charge in [-0.1, -0.05) is 24.3 Å². The first-order chi connectivity index (χ1) is 18.1. The maximum Gasteiger partial charge on any atom is 0.330 e. The van der Waals surface area contributed by atoms with E-state index in [4.69, 9.17) is 9.72 Å². The zero-order valence-electron chi connectivity index (χ0n) is 20.3. The number of aliphatic hydroxyl groups excluding tert-OH is 1. The van der Waals surface area contributed by atoms with Crippen molar-refractivity contribution in [2.24, 2.45) is 0 Å². The maximum atomic E-state index is 13.9. The van der Waals surface area contributed by atoms with Gasteiger partial charge in [-0.3, -0.25) is 13.7 Å². The summed E-state index contributed by atoms with van der Waals surface area (Å²) in [5.41, 5.74) is 4.67. The first-order valence-corrected chi connectivity index (χ1v) is 12.2. The van der Waals surface area contributed by atoms with Crippen molar-refractivity contribution in [2.75, 3.05) is 13.7 Å². The first-order valence-electron chi connectivity index (χ1n) is 12.2. The van der Waals surface area contributed by atoms with E-state index in [1.807, 2.05) is 24.3 Å². The molecule has 6 rings (SSSR count). The molecule has 2 aromatic carbocycles. The molecule has 0 spiro atoms. The lowest BCUT2D eigenvalue weighted by atomic mass is 9.85. The standard InChI is InChI=1S/C27H25N7O3/c1-37-12-4-11-32-23-15-29-26(33-16-30-20-8-7-17(14-28)13-22(20)33)31-25(23)34(27(32)36)21-9-10-24(35)19-6-3-2-5-18(19)21/h2-3,5-8,13,15-16,21,24,35H,4,9-12H2,1H3/t21-,24-/m1/s1. The number of nitrogens with zero attached hydrogens (tertiary/aromatic N) is 7. The Hall–Kier alpha value is -4.33. The second-order valence-corrected chi connectivity index (χ2v) is 9.20. The summed E-state index contributed by atoms with van der Waals surface area (Å²) in [4.78, 5) is 27.8. The van der Waals surface area contributed by atoms with Gasteiger partial charge in [-0.15, -0.1) is 0 Å². The van der Waals surface area contributed by atoms with Gasteiger partial charge >= 0.3 is 5.69 Å². The van der Waals surface area contributed by atoms with Crippen molar-refractivity contribution in [3.05, 3.63) is 82.2 Å². The molecule has 1 aliphatic carbocycles. The molecule has 37 heavy (non-hydrogen) atoms. The summed E-state index contributed by atoms with van der Waals surface area (Å²) in [5.74, 6) is 0.358. The molecule has 10 heteroatoms. The molecule has 0 bridgehead atoms. The predicted molar refractivity (Wildman–Crippen MR) is 136 cm³/mol. The molecule has 0 aliphatic heterocycles. The molecule has 2 atom stereocenters. The Morgan fingerprint density at radius 2 is 1.97 bits per heavy atom. The summed E-state index contributed by atoms with van der Waals surface area (Å²) in [6.45, 7) is 0.994. The van der Waals surface area contributed by atoms with Gasteiger partial charge in [0.05, 0.1) is 41.0 Å². The fraction of sp³-hybridized carbons (Fsp3) is 0.296. The lowest BCUT2D eigenvalue weighted by Crippen LogP contribution is -2.31. The highest BCUT2D eigenvalue weighted by Gasteiger charge is 2.31. The molecule has 0 saturated carbocycles. The highest BCUT2D eigenvalue weighted by molar-refractivity contribution is 5.79. The van der Waals surface area contributed by atoms with Crippen LogP contribution in [0.15, 0.2) is 59.8 Å². The summed E-state index contributed by atoms with van der Waals surface area (Å²) < 4.78 is 10.4. The number of benzene rings is 2. The van der Waals surface area contributed by atoms with Crippen molar-refractivity contribution in [1.82, 2.24) is 28.7 Å². The lowest BCUT2D eigenvalue weighted by molar-refractivity contribution is 0.147. The minimum atomic E-state index is -0.560. The van der Waals surface area contributed by atoms with E-state index in [0.717, 1.165) is 11.1 Å². The minimum Gasteiger partial charge on any atom is -0.388 e. The third-order valence-corrected chi connectivity index (χ3v) is 7.05. The second-order valence-electron chi connectivity index (χ2n) is 9.20. The molecule has 1 aliphatic rings. The predicted octanol–water partition coefficient (Wildman–Crippen LogP) is 3.26. The fourth-order valence-corrected chi connectivity index (χ4v) is 5.28. The molecule has 0 unspecified atom stereocenters. The SMILES string of the molecule is COCCCn1c(=O)n([C@@H]2CC[C@@H](O)c3ccccc32)c2nc(-n3cnc4ccc(C#N)cc43)ncc21. The molecule has 186 valence electrons. The monoisotopic (exact) mass is 495 g/mol. The average molecular weight is 496 g/mol. The Morgan fingerprint density at radius 1 is 1.14 bits per heavy atom. The third kappa shape index (κ3) is 3.80. The van der Waals surface area contributed by atoms with E-state index in [1.165, 1.54) is 0 Å². The van der Waals surface area contributed by atoms with E-state index in [9.17, 15) is 15.2 Å². The molecule has 3 heterocycles. The van der Waals surface area contributed by atoms with E-state index >= 15 is 0 Å². The lowest BCUT2D eigenvalue weighted by Gasteiger charge is -2.29. The van der Waals surface area contributed by atoms with Crippen LogP contribution >= 0.6 is 0 Å². The second kappa shape index (κ2) is 9.28. The maximum absolute atomic E-state index is 13.9. The molecular weight excluding hydrogens is 470 g/mol. The van der Waals surface area contributed by atoms with Crippen molar-refractivity contribution in [3.8, 4) is 12.0 Å². The molecule has 0 saturated heterocycles. The zero-order valence-corrected chi connectivity index (χ0v) is 20.3. The Balaban J connectivity index is 1.57. The number of aryl methyl sites for hydroxylation is 1. The molecule has 1 N–H and O–H groups in total. The topological polar surface area (TPSA) is 124 Å². The Morgan fingerprint density at radius 3 is 2.78 bits per heavy atom. The van der Waals surface area contributed by atoms with Crippen LogP contribution in [0.3, 0.4) is 0 Å². The van der Waals surface area contributed by atoms with Crippen LogP contribution in [0.25, 0.3) is 28.1 Å². The summed E-state index contributed by atoms with van der Waals surface area (Å²) in [5, 5.41) is 20.0. The van der Waals surface area contributed by atoms with Gasteiger partial charge in [0.15, 0.2) is 5.65 Å². The summed E-state index contributed by atoms with van der Waals surface area (Å²) >= 11 is 0. The van der Waals surface area contributed by atoms with Crippen LogP contribution in [0.2, 0.25) is 0 Å². The largest absolute Gasteiger partial charge is 0.388 e. The van der Waals surface area contributed by atoms with Crippen molar-refractivity contribution < 1.29 is 9.84 Å². The number of imidazole rings is 2. The van der Waals surface area contributed by atoms with Crippen LogP contribution < -0.4 is 5.69 Å². The van der Waals surface area contributed by atoms with Gasteiger partial charge in [0.1, 0.15) is 11.8 Å². The van der Waals surface area contributed by atoms with Gasteiger partial charge in [-0.05, 0) is 48.6 Å². The summed E-state index contributed by atoms with van der Waals surface area (Å²) in [7, 11) is 1.64. The van der Waals surface area contributed by atoms with Crippen LogP contribution in [0, 0.1) is 11.3 Å². The average Bonchev–Trinajstić information content (AvgIpc) is 3.47. The van der Waals surface area contributed by atoms with Crippen LogP contribution in [0.1, 0.15) is 48.1 Å². The molecular formula is C27H25N7O3. The van der Waals surface area contributed by atoms with Crippen LogP contribution in [0.4, 0.5) is 0 Å². The Kier molecular flexibility index (Phi) is 5.79. The first kappa shape index (κ1) is 23.1. The van der Waals surface area contributed by atoms with Gasteiger partial charge in [0, 0.05) is 20.3 Å². The van der Waals surface area contributed by atoms with Crippen molar-refractivity contribution in [1.29, 1.82) is 5.26 Å². The number of fused-ring (bicyclic) bond motifs is 3. The molecule has 0 amide bonds. The fourth-order valence-electron chi connectivity index (χ4n) is 5.28. The van der Waals surface area contributed by atoms with Gasteiger partial charge in [0.25, 0.3) is 0 Å². The van der Waals surface area contributed by atoms with E-state index < -0.39 is 6.10 Å². The number of aromatic nitrogens is 6. The van der Waals surface area contributed by atoms with E-state index in [-0.39, 0.29) is 11.7 Å². The number of hydrogen-bond donors (Lipinski definition) is 1. The summed E-state index contributed by atoms with van der Waals surface area (Å²) in [6, 6.07) is 14.9. The highest BCUT2D eigenvalue weighted by Crippen LogP contribution is 2.38. The number of nitriles is 1. The Labute approximate surface area is 212 Å². The molecule has 0 radical (unpaired) electrons. The number of rotatable bonds is 6. The molecule has 3 aromatic heterocycles. The normalized spacial score (nSPS) is 17.2. The highest BCUT2D eigenvalue weighted by atomic mass is 16.5. The van der Waals surface area contributed by atoms with Crippen LogP contribution in [-0.4, -0.2) is 47.5 Å². The van der Waals surface area contributed by atoms with E-state index in [0.29, 0.717) is 66.1 Å². The molecule has 0 fully saturated rings. The number of methoxy groups -OCH3 is 1. The zero-order chi connectivity index (χ0) is 25.5. The van der Waals surface area contributed by atoms with Gasteiger partial charge in [-0.25, -0.2) is 14.8 Å². The minimum absolute atomic E-state index is 0.170. The van der Waals surface area contributed by atoms with E-state index in [1.54, 1.807) is 51.5 Å². The van der Waals surface area contributed by atoms with E-state index in [2.05, 4.69) is 16.0 Å². The van der Waals surface area contributed by atoms with Crippen LogP contribution in [0.5, 0.6) is 0 Å². The number of hydrogen-bond acceptors (Lipinski definition) is 7. The van der Waals surface area contributed by atoms with Crippen molar-refractivity contribution in [3.63, 3.8) is 0 Å². The number of ether oxygens (including phenoxy) is 1. The molecule has 5 aromatic rings. The van der Waals surface area contributed by atoms with Gasteiger partial charge in [0.2, 0.25) is 5.95 Å². The third-order valence-electron chi connectivity index (χ3n) is 7.05. The van der Waals surface area contributed by atoms with Gasteiger partial charge in [-0.2, -0.15) is 10.2 Å². The summed E-state index contributed by atoms with van der Waals surface area (Å²) in [6.07, 6.45) is 4.55. The Bertz CT molecular complexity index is 1730. The van der Waals surface area contributed by atoms with Crippen molar-refractivity contribution >= 4 is 22.2 Å². The quantitative estimate of drug-likeness (QED) is 0.359. The van der Waals surface area contributed by atoms with Crippen molar-refractivity contribution in [2.45, 2.75) is 38.0 Å². The molecule has 10 nitrogen and oxygen atoms in total. The number of aliphatic hydroxyl groups is 1.